The number of allylic oxidation sites excluding steroid dienone is 8. The predicted molar refractivity (Wildman–Crippen MR) is 206 cm³/mol. The van der Waals surface area contributed by atoms with E-state index in [4.69, 9.17) is 4.74 Å². The van der Waals surface area contributed by atoms with Crippen molar-refractivity contribution >= 4 is 22.1 Å². The first-order valence-corrected chi connectivity index (χ1v) is 20.1. The lowest BCUT2D eigenvalue weighted by molar-refractivity contribution is 0.00281. The maximum Gasteiger partial charge on any atom is 0.125 e. The first kappa shape index (κ1) is 29.9. The summed E-state index contributed by atoms with van der Waals surface area (Å²) in [5.41, 5.74) is 4.22. The monoisotopic (exact) mass is 657 g/mol. The van der Waals surface area contributed by atoms with E-state index in [0.717, 1.165) is 48.2 Å². The van der Waals surface area contributed by atoms with Gasteiger partial charge in [-0.2, -0.15) is 0 Å². The van der Waals surface area contributed by atoms with Crippen molar-refractivity contribution in [1.82, 2.24) is 0 Å². The van der Waals surface area contributed by atoms with E-state index in [1.807, 2.05) is 0 Å². The van der Waals surface area contributed by atoms with Crippen LogP contribution >= 0.6 is 0 Å². The van der Waals surface area contributed by atoms with Crippen LogP contribution in [0.2, 0.25) is 0 Å². The number of rotatable bonds is 3. The van der Waals surface area contributed by atoms with Crippen molar-refractivity contribution in [1.29, 1.82) is 0 Å². The van der Waals surface area contributed by atoms with Crippen LogP contribution in [0.15, 0.2) is 121 Å². The van der Waals surface area contributed by atoms with E-state index >= 15 is 0 Å². The molecular weight excluding hydrogens is 607 g/mol. The predicted octanol–water partition coefficient (Wildman–Crippen LogP) is 11.9. The van der Waals surface area contributed by atoms with Gasteiger partial charge >= 0.3 is 0 Å². The topological polar surface area (TPSA) is 12.5 Å². The second kappa shape index (κ2) is 11.1. The van der Waals surface area contributed by atoms with Gasteiger partial charge in [-0.1, -0.05) is 97.2 Å². The molecule has 0 bridgehead atoms. The van der Waals surface area contributed by atoms with E-state index in [2.05, 4.69) is 133 Å². The highest BCUT2D eigenvalue weighted by atomic mass is 16.5. The van der Waals surface area contributed by atoms with Crippen molar-refractivity contribution in [3.05, 3.63) is 127 Å². The first-order valence-electron chi connectivity index (χ1n) is 20.1. The Hall–Kier alpha value is -3.78. The minimum Gasteiger partial charge on any atom is -0.489 e. The number of hydrogen-bond acceptors (Lipinski definition) is 2. The molecule has 3 aromatic rings. The normalized spacial score (nSPS) is 41.3. The van der Waals surface area contributed by atoms with E-state index in [1.165, 1.54) is 72.7 Å². The Morgan fingerprint density at radius 3 is 2.46 bits per heavy atom. The number of anilines is 2. The Labute approximate surface area is 298 Å². The molecule has 8 aliphatic rings. The number of benzene rings is 3. The number of nitrogens with zero attached hydrogens (tertiary/aromatic N) is 1. The second-order valence-electron chi connectivity index (χ2n) is 17.4. The van der Waals surface area contributed by atoms with Crippen LogP contribution in [0.1, 0.15) is 76.2 Å². The largest absolute Gasteiger partial charge is 0.489 e. The average molecular weight is 658 g/mol. The number of hydrogen-bond donors (Lipinski definition) is 0. The van der Waals surface area contributed by atoms with Gasteiger partial charge in [-0.15, -0.1) is 0 Å². The summed E-state index contributed by atoms with van der Waals surface area (Å²) in [6, 6.07) is 23.0. The molecule has 11 rings (SSSR count). The summed E-state index contributed by atoms with van der Waals surface area (Å²) in [7, 11) is 0. The lowest BCUT2D eigenvalue weighted by Gasteiger charge is -2.53. The van der Waals surface area contributed by atoms with Crippen LogP contribution < -0.4 is 9.64 Å². The molecule has 0 saturated heterocycles. The van der Waals surface area contributed by atoms with Crippen LogP contribution in [0.5, 0.6) is 5.75 Å². The standard InChI is InChI=1S/C48H51NO/c1-47(49(33-26-25-31-13-2-3-14-32(31)29-33)43-22-12-24-45-46(43)38-18-7-11-23-44(38)50-45)28-27-37-36-17-6-10-21-41(36)48(42(37)30-47)39-19-8-4-15-34(39)35-16-5-9-20-40(35)48/h2-5,7-8,10,12-14,16,18,21-22,24-29,34-42,44H,6,9,11,15,17,19-20,23,30H2,1H3. The minimum absolute atomic E-state index is 0.179. The highest BCUT2D eigenvalue weighted by molar-refractivity contribution is 5.88. The van der Waals surface area contributed by atoms with Gasteiger partial charge in [-0.3, -0.25) is 0 Å². The van der Waals surface area contributed by atoms with Gasteiger partial charge in [0, 0.05) is 22.9 Å². The summed E-state index contributed by atoms with van der Waals surface area (Å²) in [4.78, 5) is 2.79. The Morgan fingerprint density at radius 1 is 0.680 bits per heavy atom. The van der Waals surface area contributed by atoms with Gasteiger partial charge in [-0.05, 0) is 153 Å². The molecule has 2 nitrogen and oxygen atoms in total. The third-order valence-electron chi connectivity index (χ3n) is 15.4. The molecule has 0 N–H and O–H groups in total. The summed E-state index contributed by atoms with van der Waals surface area (Å²) in [6.45, 7) is 2.59. The van der Waals surface area contributed by atoms with Gasteiger partial charge in [0.2, 0.25) is 0 Å². The van der Waals surface area contributed by atoms with Crippen LogP contribution in [0.3, 0.4) is 0 Å². The van der Waals surface area contributed by atoms with Crippen LogP contribution in [-0.2, 0) is 0 Å². The molecule has 2 fully saturated rings. The maximum atomic E-state index is 6.74. The molecule has 2 saturated carbocycles. The van der Waals surface area contributed by atoms with E-state index in [1.54, 1.807) is 0 Å². The molecule has 1 heterocycles. The summed E-state index contributed by atoms with van der Waals surface area (Å²) in [5, 5.41) is 2.62. The average Bonchev–Trinajstić information content (AvgIpc) is 3.79. The molecule has 7 aliphatic carbocycles. The molecule has 0 aromatic heterocycles. The lowest BCUT2D eigenvalue weighted by Crippen LogP contribution is -2.51. The molecule has 2 heteroatoms. The molecule has 1 spiro atoms. The minimum atomic E-state index is -0.179. The first-order chi connectivity index (χ1) is 24.6. The van der Waals surface area contributed by atoms with Crippen LogP contribution in [0.4, 0.5) is 11.4 Å². The van der Waals surface area contributed by atoms with Crippen molar-refractivity contribution in [2.45, 2.75) is 82.3 Å². The Balaban J connectivity index is 1.11. The second-order valence-corrected chi connectivity index (χ2v) is 17.4. The molecular formula is C48H51NO. The fraction of sp³-hybridized carbons (Fsp3) is 0.458. The molecule has 12 atom stereocenters. The molecule has 0 radical (unpaired) electrons. The number of fused-ring (bicyclic) bond motifs is 14. The van der Waals surface area contributed by atoms with Crippen molar-refractivity contribution < 1.29 is 4.74 Å². The zero-order chi connectivity index (χ0) is 33.0. The number of ether oxygens (including phenoxy) is 1. The maximum absolute atomic E-state index is 6.74. The zero-order valence-corrected chi connectivity index (χ0v) is 29.5. The Kier molecular flexibility index (Phi) is 6.64. The van der Waals surface area contributed by atoms with Gasteiger partial charge in [-0.25, -0.2) is 0 Å². The van der Waals surface area contributed by atoms with Gasteiger partial charge < -0.3 is 9.64 Å². The quantitative estimate of drug-likeness (QED) is 0.260. The Bertz CT molecular complexity index is 2000. The molecule has 50 heavy (non-hydrogen) atoms. The van der Waals surface area contributed by atoms with E-state index in [0.29, 0.717) is 29.1 Å². The summed E-state index contributed by atoms with van der Waals surface area (Å²) in [6.07, 6.45) is 37.5. The van der Waals surface area contributed by atoms with Crippen LogP contribution in [-0.4, -0.2) is 11.6 Å². The van der Waals surface area contributed by atoms with E-state index in [9.17, 15) is 0 Å². The van der Waals surface area contributed by atoms with E-state index < -0.39 is 0 Å². The van der Waals surface area contributed by atoms with Crippen molar-refractivity contribution in [2.75, 3.05) is 4.90 Å². The molecule has 12 unspecified atom stereocenters. The van der Waals surface area contributed by atoms with Gasteiger partial charge in [0.1, 0.15) is 11.9 Å². The molecule has 0 amide bonds. The molecule has 3 aromatic carbocycles. The van der Waals surface area contributed by atoms with Crippen molar-refractivity contribution in [2.24, 2.45) is 52.8 Å². The van der Waals surface area contributed by atoms with E-state index in [-0.39, 0.29) is 11.6 Å². The third-order valence-corrected chi connectivity index (χ3v) is 15.4. The van der Waals surface area contributed by atoms with Crippen LogP contribution in [0.25, 0.3) is 10.8 Å². The highest BCUT2D eigenvalue weighted by Gasteiger charge is 2.71. The highest BCUT2D eigenvalue weighted by Crippen LogP contribution is 2.76. The van der Waals surface area contributed by atoms with Crippen LogP contribution in [0, 0.1) is 52.8 Å². The Morgan fingerprint density at radius 2 is 1.50 bits per heavy atom. The zero-order valence-electron chi connectivity index (χ0n) is 29.5. The van der Waals surface area contributed by atoms with Crippen molar-refractivity contribution in [3.8, 4) is 5.75 Å². The fourth-order valence-corrected chi connectivity index (χ4v) is 13.9. The fourth-order valence-electron chi connectivity index (χ4n) is 13.9. The summed E-state index contributed by atoms with van der Waals surface area (Å²) < 4.78 is 6.74. The van der Waals surface area contributed by atoms with Gasteiger partial charge in [0.15, 0.2) is 0 Å². The summed E-state index contributed by atoms with van der Waals surface area (Å²) >= 11 is 0. The molecule has 254 valence electrons. The van der Waals surface area contributed by atoms with Gasteiger partial charge in [0.05, 0.1) is 5.54 Å². The SMILES string of the molecule is CC1(N(c2ccc3ccccc3c2)c2cccc3c2C2C=CCCC2O3)C=CC2C3CCC=CC3C3(C2C1)C1CCC=CC1C1CC=CCC13. The lowest BCUT2D eigenvalue weighted by atomic mass is 9.53. The van der Waals surface area contributed by atoms with Crippen molar-refractivity contribution in [3.63, 3.8) is 0 Å². The van der Waals surface area contributed by atoms with Gasteiger partial charge in [0.25, 0.3) is 0 Å². The molecule has 1 aliphatic heterocycles. The summed E-state index contributed by atoms with van der Waals surface area (Å²) in [5.74, 6) is 7.34. The smallest absolute Gasteiger partial charge is 0.125 e. The third kappa shape index (κ3) is 4.03.